The molecular formula is C60H42N2. The first-order valence-corrected chi connectivity index (χ1v) is 21.3. The summed E-state index contributed by atoms with van der Waals surface area (Å²) in [7, 11) is 0. The first-order chi connectivity index (χ1) is 30.8. The molecule has 1 aromatic heterocycles. The van der Waals surface area contributed by atoms with Crippen molar-refractivity contribution in [3.8, 4) is 61.3 Å². The molecule has 0 atom stereocenters. The maximum Gasteiger partial charge on any atom is 0.0562 e. The number of rotatable bonds is 9. The number of fused-ring (bicyclic) bond motifs is 3. The Morgan fingerprint density at radius 2 is 0.742 bits per heavy atom. The Labute approximate surface area is 362 Å². The molecule has 0 N–H and O–H groups in total. The summed E-state index contributed by atoms with van der Waals surface area (Å²) in [6, 6.07) is 92.2. The van der Waals surface area contributed by atoms with Crippen molar-refractivity contribution >= 4 is 38.9 Å². The van der Waals surface area contributed by atoms with Crippen LogP contribution in [-0.2, 0) is 0 Å². The van der Waals surface area contributed by atoms with Gasteiger partial charge in [0.05, 0.1) is 28.1 Å². The van der Waals surface area contributed by atoms with E-state index in [1.807, 2.05) is 0 Å². The van der Waals surface area contributed by atoms with Crippen molar-refractivity contribution in [3.05, 3.63) is 255 Å². The third-order valence-corrected chi connectivity index (χ3v) is 12.0. The van der Waals surface area contributed by atoms with Gasteiger partial charge in [-0.25, -0.2) is 0 Å². The minimum absolute atomic E-state index is 1.08. The lowest BCUT2D eigenvalue weighted by atomic mass is 9.89. The maximum atomic E-state index is 2.49. The predicted octanol–water partition coefficient (Wildman–Crippen LogP) is 16.6. The van der Waals surface area contributed by atoms with Gasteiger partial charge in [-0.3, -0.25) is 0 Å². The normalized spacial score (nSPS) is 11.2. The molecule has 0 aliphatic carbocycles. The Balaban J connectivity index is 1.23. The number of nitrogens with zero attached hydrogens (tertiary/aromatic N) is 2. The number of anilines is 3. The van der Waals surface area contributed by atoms with E-state index in [0.29, 0.717) is 0 Å². The molecule has 11 rings (SSSR count). The molecule has 292 valence electrons. The van der Waals surface area contributed by atoms with E-state index < -0.39 is 0 Å². The standard InChI is InChI=1S/C60H42N2/c1-5-22-43(23-6-1)48-30-13-14-32-50(48)46-40-41-53(52-34-16-15-31-49(52)44-24-7-2-8-25-44)59(42-46)61(47-28-11-4-12-29-47)57-38-21-39-58-60(57)54-35-18-20-37-56(54)62(58)55-36-19-17-33-51(55)45-26-9-3-10-27-45/h1-42H. The van der Waals surface area contributed by atoms with Gasteiger partial charge in [0, 0.05) is 27.6 Å². The average Bonchev–Trinajstić information content (AvgIpc) is 3.70. The van der Waals surface area contributed by atoms with Gasteiger partial charge in [-0.05, 0) is 87.0 Å². The van der Waals surface area contributed by atoms with Crippen LogP contribution in [0.4, 0.5) is 17.1 Å². The fourth-order valence-corrected chi connectivity index (χ4v) is 9.27. The summed E-state index contributed by atoms with van der Waals surface area (Å²) >= 11 is 0. The molecule has 2 heteroatoms. The summed E-state index contributed by atoms with van der Waals surface area (Å²) < 4.78 is 2.46. The lowest BCUT2D eigenvalue weighted by Crippen LogP contribution is -2.12. The first kappa shape index (κ1) is 36.8. The van der Waals surface area contributed by atoms with Crippen molar-refractivity contribution in [1.29, 1.82) is 0 Å². The number of hydrogen-bond donors (Lipinski definition) is 0. The smallest absolute Gasteiger partial charge is 0.0562 e. The molecule has 0 saturated carbocycles. The molecule has 0 unspecified atom stereocenters. The second-order valence-electron chi connectivity index (χ2n) is 15.6. The third-order valence-electron chi connectivity index (χ3n) is 12.0. The largest absolute Gasteiger partial charge is 0.309 e. The van der Waals surface area contributed by atoms with Crippen molar-refractivity contribution in [2.45, 2.75) is 0 Å². The van der Waals surface area contributed by atoms with Crippen LogP contribution in [0.1, 0.15) is 0 Å². The fourth-order valence-electron chi connectivity index (χ4n) is 9.27. The number of hydrogen-bond acceptors (Lipinski definition) is 1. The first-order valence-electron chi connectivity index (χ1n) is 21.3. The van der Waals surface area contributed by atoms with Crippen LogP contribution in [-0.4, -0.2) is 4.57 Å². The number of para-hydroxylation sites is 3. The summed E-state index contributed by atoms with van der Waals surface area (Å²) in [5.74, 6) is 0. The Kier molecular flexibility index (Phi) is 9.57. The maximum absolute atomic E-state index is 2.49. The zero-order valence-corrected chi connectivity index (χ0v) is 34.1. The summed E-state index contributed by atoms with van der Waals surface area (Å²) in [6.45, 7) is 0. The molecule has 0 aliphatic heterocycles. The molecule has 0 spiro atoms. The Bertz CT molecular complexity index is 3330. The average molecular weight is 791 g/mol. The number of aromatic nitrogens is 1. The molecule has 1 heterocycles. The van der Waals surface area contributed by atoms with Gasteiger partial charge in [0.1, 0.15) is 0 Å². The molecular weight excluding hydrogens is 749 g/mol. The van der Waals surface area contributed by atoms with Gasteiger partial charge < -0.3 is 9.47 Å². The molecule has 62 heavy (non-hydrogen) atoms. The van der Waals surface area contributed by atoms with Gasteiger partial charge in [-0.1, -0.05) is 212 Å². The van der Waals surface area contributed by atoms with Gasteiger partial charge in [0.25, 0.3) is 0 Å². The summed E-state index contributed by atoms with van der Waals surface area (Å²) in [5, 5.41) is 2.38. The minimum atomic E-state index is 1.08. The van der Waals surface area contributed by atoms with Crippen LogP contribution < -0.4 is 4.90 Å². The summed E-state index contributed by atoms with van der Waals surface area (Å²) in [6.07, 6.45) is 0. The Morgan fingerprint density at radius 1 is 0.274 bits per heavy atom. The van der Waals surface area contributed by atoms with Crippen LogP contribution in [0.25, 0.3) is 83.1 Å². The van der Waals surface area contributed by atoms with E-state index in [-0.39, 0.29) is 0 Å². The molecule has 0 bridgehead atoms. The van der Waals surface area contributed by atoms with Crippen LogP contribution in [0.2, 0.25) is 0 Å². The SMILES string of the molecule is c1ccc(-c2ccccc2-c2ccc(-c3ccccc3-c3ccccc3)c(N(c3ccccc3)c3cccc4c3c3ccccc3n4-c3ccccc3-c3ccccc3)c2)cc1. The van der Waals surface area contributed by atoms with Crippen LogP contribution in [0, 0.1) is 0 Å². The second kappa shape index (κ2) is 16.1. The van der Waals surface area contributed by atoms with E-state index in [0.717, 1.165) is 44.9 Å². The van der Waals surface area contributed by atoms with Gasteiger partial charge in [-0.2, -0.15) is 0 Å². The van der Waals surface area contributed by atoms with E-state index >= 15 is 0 Å². The minimum Gasteiger partial charge on any atom is -0.309 e. The van der Waals surface area contributed by atoms with Crippen LogP contribution in [0.5, 0.6) is 0 Å². The Hall–Kier alpha value is -8.20. The van der Waals surface area contributed by atoms with Crippen LogP contribution >= 0.6 is 0 Å². The van der Waals surface area contributed by atoms with Crippen LogP contribution in [0.3, 0.4) is 0 Å². The topological polar surface area (TPSA) is 8.17 Å². The monoisotopic (exact) mass is 790 g/mol. The quantitative estimate of drug-likeness (QED) is 0.141. The van der Waals surface area contributed by atoms with Crippen molar-refractivity contribution in [2.75, 3.05) is 4.90 Å². The molecule has 0 aliphatic rings. The van der Waals surface area contributed by atoms with Gasteiger partial charge in [0.2, 0.25) is 0 Å². The van der Waals surface area contributed by atoms with E-state index in [2.05, 4.69) is 264 Å². The molecule has 0 radical (unpaired) electrons. The number of benzene rings is 10. The lowest BCUT2D eigenvalue weighted by molar-refractivity contribution is 1.18. The zero-order chi connectivity index (χ0) is 41.2. The zero-order valence-electron chi connectivity index (χ0n) is 34.1. The van der Waals surface area contributed by atoms with Crippen LogP contribution in [0.15, 0.2) is 255 Å². The fraction of sp³-hybridized carbons (Fsp3) is 0. The van der Waals surface area contributed by atoms with Gasteiger partial charge >= 0.3 is 0 Å². The second-order valence-corrected chi connectivity index (χ2v) is 15.6. The molecule has 0 amide bonds. The van der Waals surface area contributed by atoms with Crippen molar-refractivity contribution in [2.24, 2.45) is 0 Å². The van der Waals surface area contributed by atoms with E-state index in [1.54, 1.807) is 0 Å². The molecule has 0 fully saturated rings. The highest BCUT2D eigenvalue weighted by atomic mass is 15.2. The summed E-state index contributed by atoms with van der Waals surface area (Å²) in [5.41, 5.74) is 18.5. The highest BCUT2D eigenvalue weighted by molar-refractivity contribution is 6.17. The van der Waals surface area contributed by atoms with Gasteiger partial charge in [0.15, 0.2) is 0 Å². The van der Waals surface area contributed by atoms with Crippen molar-refractivity contribution in [1.82, 2.24) is 4.57 Å². The molecule has 2 nitrogen and oxygen atoms in total. The summed E-state index contributed by atoms with van der Waals surface area (Å²) in [4.78, 5) is 2.49. The lowest BCUT2D eigenvalue weighted by Gasteiger charge is -2.30. The van der Waals surface area contributed by atoms with Crippen molar-refractivity contribution in [3.63, 3.8) is 0 Å². The molecule has 10 aromatic carbocycles. The van der Waals surface area contributed by atoms with E-state index in [1.165, 1.54) is 55.3 Å². The third kappa shape index (κ3) is 6.56. The molecule has 0 saturated heterocycles. The predicted molar refractivity (Wildman–Crippen MR) is 263 cm³/mol. The van der Waals surface area contributed by atoms with E-state index in [9.17, 15) is 0 Å². The Morgan fingerprint density at radius 3 is 1.39 bits per heavy atom. The van der Waals surface area contributed by atoms with Crippen molar-refractivity contribution < 1.29 is 0 Å². The molecule has 11 aromatic rings. The van der Waals surface area contributed by atoms with Gasteiger partial charge in [-0.15, -0.1) is 0 Å². The highest BCUT2D eigenvalue weighted by Gasteiger charge is 2.25. The highest BCUT2D eigenvalue weighted by Crippen LogP contribution is 2.49. The van der Waals surface area contributed by atoms with E-state index in [4.69, 9.17) is 0 Å².